The molecule has 0 bridgehead atoms. The van der Waals surface area contributed by atoms with Gasteiger partial charge in [-0.1, -0.05) is 0 Å². The molecule has 1 aromatic heterocycles. The molecule has 12 heteroatoms. The summed E-state index contributed by atoms with van der Waals surface area (Å²) in [4.78, 5) is 18.3. The number of pyridine rings is 1. The fourth-order valence-electron chi connectivity index (χ4n) is 3.67. The van der Waals surface area contributed by atoms with Crippen molar-refractivity contribution in [1.29, 1.82) is 0 Å². The number of amides is 1. The van der Waals surface area contributed by atoms with E-state index < -0.39 is 20.0 Å². The fourth-order valence-corrected chi connectivity index (χ4v) is 5.79. The lowest BCUT2D eigenvalue weighted by Gasteiger charge is -2.18. The van der Waals surface area contributed by atoms with Crippen LogP contribution in [0.5, 0.6) is 5.75 Å². The van der Waals surface area contributed by atoms with Crippen molar-refractivity contribution >= 4 is 37.3 Å². The molecule has 1 fully saturated rings. The number of nitrogens with one attached hydrogen (secondary N) is 2. The number of anilines is 2. The normalized spacial score (nSPS) is 13.9. The third-order valence-corrected chi connectivity index (χ3v) is 8.21. The summed E-state index contributed by atoms with van der Waals surface area (Å²) < 4.78 is 61.2. The van der Waals surface area contributed by atoms with E-state index in [4.69, 9.17) is 4.74 Å². The molecule has 0 saturated carbocycles. The molecule has 10 nitrogen and oxygen atoms in total. The number of rotatable bonds is 8. The van der Waals surface area contributed by atoms with Gasteiger partial charge in [0.05, 0.1) is 34.3 Å². The van der Waals surface area contributed by atoms with Crippen molar-refractivity contribution in [2.24, 2.45) is 0 Å². The molecule has 4 rings (SSSR count). The van der Waals surface area contributed by atoms with Gasteiger partial charge in [-0.3, -0.25) is 19.2 Å². The van der Waals surface area contributed by atoms with Gasteiger partial charge in [-0.15, -0.1) is 0 Å². The number of hydrogen-bond acceptors (Lipinski definition) is 7. The molecule has 2 N–H and O–H groups in total. The summed E-state index contributed by atoms with van der Waals surface area (Å²) in [6.45, 7) is 1.23. The molecule has 0 spiro atoms. The van der Waals surface area contributed by atoms with E-state index in [0.29, 0.717) is 18.8 Å². The maximum atomic E-state index is 13.0. The van der Waals surface area contributed by atoms with Gasteiger partial charge in [-0.05, 0) is 67.4 Å². The third kappa shape index (κ3) is 5.54. The average Bonchev–Trinajstić information content (AvgIpc) is 3.39. The second-order valence-corrected chi connectivity index (χ2v) is 11.2. The summed E-state index contributed by atoms with van der Waals surface area (Å²) in [6.07, 6.45) is 4.69. The first-order valence-corrected chi connectivity index (χ1v) is 13.7. The van der Waals surface area contributed by atoms with E-state index in [1.54, 1.807) is 17.0 Å². The summed E-state index contributed by atoms with van der Waals surface area (Å²) in [7, 11) is -6.53. The second kappa shape index (κ2) is 9.92. The molecule has 0 aliphatic carbocycles. The predicted octanol–water partition coefficient (Wildman–Crippen LogP) is 2.93. The van der Waals surface area contributed by atoms with Gasteiger partial charge in [0, 0.05) is 25.0 Å². The number of nitrogens with zero attached hydrogens (tertiary/aromatic N) is 2. The van der Waals surface area contributed by atoms with Crippen molar-refractivity contribution in [3.05, 3.63) is 72.6 Å². The second-order valence-electron chi connectivity index (χ2n) is 7.84. The van der Waals surface area contributed by atoms with Gasteiger partial charge in [0.25, 0.3) is 26.0 Å². The van der Waals surface area contributed by atoms with Crippen molar-refractivity contribution in [3.8, 4) is 5.75 Å². The number of aromatic nitrogens is 1. The highest BCUT2D eigenvalue weighted by Crippen LogP contribution is 2.27. The molecule has 1 aliphatic rings. The van der Waals surface area contributed by atoms with Crippen LogP contribution in [-0.4, -0.2) is 52.8 Å². The van der Waals surface area contributed by atoms with Gasteiger partial charge in [0.1, 0.15) is 5.75 Å². The van der Waals surface area contributed by atoms with Crippen LogP contribution in [0.2, 0.25) is 0 Å². The van der Waals surface area contributed by atoms with Crippen LogP contribution >= 0.6 is 0 Å². The maximum absolute atomic E-state index is 13.0. The Kier molecular flexibility index (Phi) is 6.94. The molecule has 0 unspecified atom stereocenters. The van der Waals surface area contributed by atoms with Gasteiger partial charge in [0.15, 0.2) is 0 Å². The minimum absolute atomic E-state index is 0.0488. The number of sulfonamides is 2. The van der Waals surface area contributed by atoms with Crippen LogP contribution in [0.1, 0.15) is 23.2 Å². The summed E-state index contributed by atoms with van der Waals surface area (Å²) >= 11 is 0. The Morgan fingerprint density at radius 1 is 0.886 bits per heavy atom. The molecule has 2 aromatic carbocycles. The molecular weight excluding hydrogens is 492 g/mol. The lowest BCUT2D eigenvalue weighted by Crippen LogP contribution is -2.28. The van der Waals surface area contributed by atoms with Crippen LogP contribution in [-0.2, 0) is 20.0 Å². The minimum atomic E-state index is -4.06. The van der Waals surface area contributed by atoms with Crippen molar-refractivity contribution in [3.63, 3.8) is 0 Å². The molecule has 0 atom stereocenters. The number of methoxy groups -OCH3 is 1. The first kappa shape index (κ1) is 24.5. The zero-order valence-electron chi connectivity index (χ0n) is 18.8. The number of likely N-dealkylation sites (tertiary alicyclic amines) is 1. The Labute approximate surface area is 204 Å². The van der Waals surface area contributed by atoms with Crippen molar-refractivity contribution in [2.75, 3.05) is 29.6 Å². The van der Waals surface area contributed by atoms with Gasteiger partial charge in [0.2, 0.25) is 0 Å². The first-order valence-electron chi connectivity index (χ1n) is 10.7. The van der Waals surface area contributed by atoms with Gasteiger partial charge in [-0.2, -0.15) is 0 Å². The number of carbonyl (C=O) groups excluding carboxylic acids is 1. The topological polar surface area (TPSA) is 135 Å². The van der Waals surface area contributed by atoms with Gasteiger partial charge in [-0.25, -0.2) is 16.8 Å². The molecule has 0 radical (unpaired) electrons. The number of carbonyl (C=O) groups is 1. The number of hydrogen-bond donors (Lipinski definition) is 2. The molecule has 2 heterocycles. The Morgan fingerprint density at radius 2 is 1.51 bits per heavy atom. The van der Waals surface area contributed by atoms with Crippen LogP contribution in [0.4, 0.5) is 11.4 Å². The molecule has 1 amide bonds. The summed E-state index contributed by atoms with van der Waals surface area (Å²) in [6, 6.07) is 12.5. The van der Waals surface area contributed by atoms with Crippen LogP contribution < -0.4 is 14.2 Å². The van der Waals surface area contributed by atoms with Crippen LogP contribution in [0.3, 0.4) is 0 Å². The zero-order chi connectivity index (χ0) is 25.1. The van der Waals surface area contributed by atoms with E-state index in [1.165, 1.54) is 62.0 Å². The quantitative estimate of drug-likeness (QED) is 0.470. The Hall–Kier alpha value is -3.64. The highest BCUT2D eigenvalue weighted by molar-refractivity contribution is 7.93. The van der Waals surface area contributed by atoms with Gasteiger partial charge < -0.3 is 9.64 Å². The third-order valence-electron chi connectivity index (χ3n) is 5.44. The van der Waals surface area contributed by atoms with E-state index in [0.717, 1.165) is 12.8 Å². The van der Waals surface area contributed by atoms with E-state index in [2.05, 4.69) is 14.4 Å². The smallest absolute Gasteiger partial charge is 0.261 e. The SMILES string of the molecule is COc1ccc(S(=O)(=O)Nc2ccc(S(=O)(=O)Nc3cccnc3)cc2)cc1C(=O)N1CCCC1. The van der Waals surface area contributed by atoms with Crippen LogP contribution in [0.15, 0.2) is 76.8 Å². The predicted molar refractivity (Wildman–Crippen MR) is 130 cm³/mol. The summed E-state index contributed by atoms with van der Waals surface area (Å²) in [5.74, 6) is 0.00333. The Morgan fingerprint density at radius 3 is 2.14 bits per heavy atom. The highest BCUT2D eigenvalue weighted by Gasteiger charge is 2.25. The van der Waals surface area contributed by atoms with Crippen molar-refractivity contribution in [1.82, 2.24) is 9.88 Å². The van der Waals surface area contributed by atoms with E-state index in [-0.39, 0.29) is 32.7 Å². The van der Waals surface area contributed by atoms with Crippen LogP contribution in [0, 0.1) is 0 Å². The lowest BCUT2D eigenvalue weighted by atomic mass is 10.1. The first-order chi connectivity index (χ1) is 16.7. The Bertz CT molecular complexity index is 1420. The molecule has 184 valence electrons. The lowest BCUT2D eigenvalue weighted by molar-refractivity contribution is 0.0789. The summed E-state index contributed by atoms with van der Waals surface area (Å²) in [5, 5.41) is 0. The molecule has 1 saturated heterocycles. The number of ether oxygens (including phenoxy) is 1. The van der Waals surface area contributed by atoms with Gasteiger partial charge >= 0.3 is 0 Å². The van der Waals surface area contributed by atoms with Crippen molar-refractivity contribution < 1.29 is 26.4 Å². The largest absolute Gasteiger partial charge is 0.496 e. The summed E-state index contributed by atoms with van der Waals surface area (Å²) in [5.41, 5.74) is 0.629. The zero-order valence-corrected chi connectivity index (χ0v) is 20.5. The monoisotopic (exact) mass is 516 g/mol. The molecular formula is C23H24N4O6S2. The highest BCUT2D eigenvalue weighted by atomic mass is 32.2. The molecule has 1 aliphatic heterocycles. The van der Waals surface area contributed by atoms with Crippen molar-refractivity contribution in [2.45, 2.75) is 22.6 Å². The maximum Gasteiger partial charge on any atom is 0.261 e. The molecule has 3 aromatic rings. The van der Waals surface area contributed by atoms with Crippen LogP contribution in [0.25, 0.3) is 0 Å². The molecule has 35 heavy (non-hydrogen) atoms. The Balaban J connectivity index is 1.54. The van der Waals surface area contributed by atoms with E-state index in [1.807, 2.05) is 0 Å². The van der Waals surface area contributed by atoms with E-state index in [9.17, 15) is 21.6 Å². The standard InChI is InChI=1S/C23H24N4O6S2/c1-33-22-11-10-20(15-21(22)23(28)27-13-2-3-14-27)35(31,32)25-17-6-8-19(9-7-17)34(29,30)26-18-5-4-12-24-16-18/h4-12,15-16,25-26H,2-3,13-14H2,1H3. The fraction of sp³-hybridized carbons (Fsp3) is 0.217. The number of benzene rings is 2. The minimum Gasteiger partial charge on any atom is -0.496 e. The average molecular weight is 517 g/mol. The van der Waals surface area contributed by atoms with E-state index >= 15 is 0 Å².